The van der Waals surface area contributed by atoms with Gasteiger partial charge in [0.2, 0.25) is 0 Å². The van der Waals surface area contributed by atoms with E-state index < -0.39 is 0 Å². The third-order valence-corrected chi connectivity index (χ3v) is 2.87. The highest BCUT2D eigenvalue weighted by molar-refractivity contribution is 4.71. The molecule has 0 spiro atoms. The molecule has 0 aliphatic carbocycles. The smallest absolute Gasteiger partial charge is 0.00416 e. The van der Waals surface area contributed by atoms with E-state index >= 15 is 0 Å². The van der Waals surface area contributed by atoms with Crippen molar-refractivity contribution in [3.05, 3.63) is 12.7 Å². The van der Waals surface area contributed by atoms with Crippen LogP contribution in [0.4, 0.5) is 0 Å². The molecule has 0 aromatic carbocycles. The Morgan fingerprint density at radius 2 is 2.00 bits per heavy atom. The molecule has 0 aromatic rings. The van der Waals surface area contributed by atoms with Crippen LogP contribution in [-0.4, -0.2) is 37.1 Å². The van der Waals surface area contributed by atoms with E-state index in [1.807, 2.05) is 6.08 Å². The van der Waals surface area contributed by atoms with Gasteiger partial charge in [-0.3, -0.25) is 0 Å². The minimum atomic E-state index is 0.618. The van der Waals surface area contributed by atoms with Crippen molar-refractivity contribution < 1.29 is 0 Å². The lowest BCUT2D eigenvalue weighted by atomic mass is 10.2. The van der Waals surface area contributed by atoms with Gasteiger partial charge in [0, 0.05) is 12.1 Å². The van der Waals surface area contributed by atoms with Crippen LogP contribution in [0.15, 0.2) is 12.7 Å². The van der Waals surface area contributed by atoms with Gasteiger partial charge in [0.05, 0.1) is 0 Å². The van der Waals surface area contributed by atoms with Crippen LogP contribution in [-0.2, 0) is 0 Å². The van der Waals surface area contributed by atoms with Crippen LogP contribution >= 0.6 is 0 Å². The molecular formula is C13H28N2. The highest BCUT2D eigenvalue weighted by Gasteiger charge is 2.03. The third kappa shape index (κ3) is 8.64. The molecule has 0 aliphatic heterocycles. The fraction of sp³-hybridized carbons (Fsp3) is 0.846. The summed E-state index contributed by atoms with van der Waals surface area (Å²) >= 11 is 0. The molecule has 0 saturated carbocycles. The molecule has 0 radical (unpaired) electrons. The van der Waals surface area contributed by atoms with Gasteiger partial charge in [-0.1, -0.05) is 6.08 Å². The number of nitrogens with zero attached hydrogens (tertiary/aromatic N) is 1. The first-order chi connectivity index (χ1) is 7.07. The van der Waals surface area contributed by atoms with Crippen molar-refractivity contribution in [2.75, 3.05) is 20.1 Å². The Hall–Kier alpha value is -0.340. The summed E-state index contributed by atoms with van der Waals surface area (Å²) in [4.78, 5) is 2.39. The molecule has 1 unspecified atom stereocenters. The van der Waals surface area contributed by atoms with Gasteiger partial charge in [0.1, 0.15) is 0 Å². The number of nitrogens with one attached hydrogen (secondary N) is 1. The van der Waals surface area contributed by atoms with Crippen molar-refractivity contribution >= 4 is 0 Å². The number of allylic oxidation sites excluding steroid dienone is 1. The lowest BCUT2D eigenvalue weighted by molar-refractivity contribution is 0.268. The molecule has 2 nitrogen and oxygen atoms in total. The summed E-state index contributed by atoms with van der Waals surface area (Å²) in [6.07, 6.45) is 5.53. The van der Waals surface area contributed by atoms with Crippen molar-refractivity contribution in [1.29, 1.82) is 0 Å². The molecule has 0 amide bonds. The molecular weight excluding hydrogens is 184 g/mol. The standard InChI is InChI=1S/C13H28N2/c1-6-7-9-13(4)14-10-8-11-15(5)12(2)3/h6,12-14H,1,7-11H2,2-5H3. The SMILES string of the molecule is C=CCCC(C)NCCCN(C)C(C)C. The Bertz CT molecular complexity index is 155. The van der Waals surface area contributed by atoms with E-state index in [4.69, 9.17) is 0 Å². The molecule has 15 heavy (non-hydrogen) atoms. The summed E-state index contributed by atoms with van der Waals surface area (Å²) in [5, 5.41) is 3.54. The summed E-state index contributed by atoms with van der Waals surface area (Å²) in [6, 6.07) is 1.27. The summed E-state index contributed by atoms with van der Waals surface area (Å²) in [5.41, 5.74) is 0. The van der Waals surface area contributed by atoms with Gasteiger partial charge in [-0.05, 0) is 60.2 Å². The van der Waals surface area contributed by atoms with Gasteiger partial charge in [-0.2, -0.15) is 0 Å². The monoisotopic (exact) mass is 212 g/mol. The van der Waals surface area contributed by atoms with Crippen LogP contribution in [0.25, 0.3) is 0 Å². The third-order valence-electron chi connectivity index (χ3n) is 2.87. The summed E-state index contributed by atoms with van der Waals surface area (Å²) in [7, 11) is 2.19. The van der Waals surface area contributed by atoms with Gasteiger partial charge in [0.25, 0.3) is 0 Å². The van der Waals surface area contributed by atoms with E-state index in [2.05, 4.69) is 44.6 Å². The molecule has 0 aliphatic rings. The number of hydrogen-bond acceptors (Lipinski definition) is 2. The van der Waals surface area contributed by atoms with E-state index in [1.54, 1.807) is 0 Å². The Labute approximate surface area is 95.7 Å². The van der Waals surface area contributed by atoms with Gasteiger partial charge in [-0.25, -0.2) is 0 Å². The molecule has 0 fully saturated rings. The Morgan fingerprint density at radius 1 is 1.33 bits per heavy atom. The molecule has 0 bridgehead atoms. The average Bonchev–Trinajstić information content (AvgIpc) is 2.20. The van der Waals surface area contributed by atoms with E-state index in [-0.39, 0.29) is 0 Å². The van der Waals surface area contributed by atoms with Crippen molar-refractivity contribution in [3.63, 3.8) is 0 Å². The Morgan fingerprint density at radius 3 is 2.53 bits per heavy atom. The average molecular weight is 212 g/mol. The normalized spacial score (nSPS) is 13.5. The summed E-state index contributed by atoms with van der Waals surface area (Å²) in [6.45, 7) is 12.8. The maximum atomic E-state index is 3.74. The van der Waals surface area contributed by atoms with E-state index in [9.17, 15) is 0 Å². The fourth-order valence-corrected chi connectivity index (χ4v) is 1.41. The molecule has 1 N–H and O–H groups in total. The van der Waals surface area contributed by atoms with Gasteiger partial charge < -0.3 is 10.2 Å². The van der Waals surface area contributed by atoms with Gasteiger partial charge in [0.15, 0.2) is 0 Å². The number of rotatable bonds is 9. The zero-order chi connectivity index (χ0) is 11.7. The molecule has 0 saturated heterocycles. The maximum Gasteiger partial charge on any atom is 0.00416 e. The van der Waals surface area contributed by atoms with Gasteiger partial charge >= 0.3 is 0 Å². The molecule has 0 heterocycles. The van der Waals surface area contributed by atoms with Crippen LogP contribution < -0.4 is 5.32 Å². The Kier molecular flexibility index (Phi) is 8.73. The lowest BCUT2D eigenvalue weighted by Gasteiger charge is -2.21. The molecule has 0 aromatic heterocycles. The zero-order valence-corrected chi connectivity index (χ0v) is 10.9. The van der Waals surface area contributed by atoms with E-state index in [0.717, 1.165) is 13.0 Å². The van der Waals surface area contributed by atoms with Crippen molar-refractivity contribution in [1.82, 2.24) is 10.2 Å². The van der Waals surface area contributed by atoms with E-state index in [1.165, 1.54) is 19.4 Å². The highest BCUT2D eigenvalue weighted by atomic mass is 15.1. The van der Waals surface area contributed by atoms with Crippen LogP contribution in [0.3, 0.4) is 0 Å². The first kappa shape index (κ1) is 14.7. The summed E-state index contributed by atoms with van der Waals surface area (Å²) < 4.78 is 0. The molecule has 2 heteroatoms. The first-order valence-corrected chi connectivity index (χ1v) is 6.12. The van der Waals surface area contributed by atoms with Crippen molar-refractivity contribution in [3.8, 4) is 0 Å². The molecule has 0 rings (SSSR count). The minimum Gasteiger partial charge on any atom is -0.314 e. The molecule has 90 valence electrons. The molecule has 1 atom stereocenters. The number of hydrogen-bond donors (Lipinski definition) is 1. The van der Waals surface area contributed by atoms with Crippen molar-refractivity contribution in [2.45, 2.75) is 52.1 Å². The maximum absolute atomic E-state index is 3.74. The second-order valence-corrected chi connectivity index (χ2v) is 4.65. The van der Waals surface area contributed by atoms with Crippen LogP contribution in [0.1, 0.15) is 40.0 Å². The zero-order valence-electron chi connectivity index (χ0n) is 10.9. The summed E-state index contributed by atoms with van der Waals surface area (Å²) in [5.74, 6) is 0. The minimum absolute atomic E-state index is 0.618. The van der Waals surface area contributed by atoms with Crippen molar-refractivity contribution in [2.24, 2.45) is 0 Å². The predicted octanol–water partition coefficient (Wildman–Crippen LogP) is 2.66. The first-order valence-electron chi connectivity index (χ1n) is 6.12. The second kappa shape index (κ2) is 8.93. The lowest BCUT2D eigenvalue weighted by Crippen LogP contribution is -2.32. The Balaban J connectivity index is 3.33. The topological polar surface area (TPSA) is 15.3 Å². The quantitative estimate of drug-likeness (QED) is 0.467. The van der Waals surface area contributed by atoms with Crippen LogP contribution in [0.5, 0.6) is 0 Å². The van der Waals surface area contributed by atoms with E-state index in [0.29, 0.717) is 12.1 Å². The fourth-order valence-electron chi connectivity index (χ4n) is 1.41. The highest BCUT2D eigenvalue weighted by Crippen LogP contribution is 1.98. The van der Waals surface area contributed by atoms with Gasteiger partial charge in [-0.15, -0.1) is 6.58 Å². The largest absolute Gasteiger partial charge is 0.314 e. The van der Waals surface area contributed by atoms with Crippen LogP contribution in [0, 0.1) is 0 Å². The predicted molar refractivity (Wildman–Crippen MR) is 69.3 cm³/mol. The van der Waals surface area contributed by atoms with Crippen LogP contribution in [0.2, 0.25) is 0 Å². The second-order valence-electron chi connectivity index (χ2n) is 4.65.